The van der Waals surface area contributed by atoms with E-state index in [-0.39, 0.29) is 12.3 Å². The van der Waals surface area contributed by atoms with Gasteiger partial charge in [-0.05, 0) is 31.0 Å². The Balaban J connectivity index is 2.62. The monoisotopic (exact) mass is 265 g/mol. The van der Waals surface area contributed by atoms with Crippen molar-refractivity contribution in [2.75, 3.05) is 12.4 Å². The van der Waals surface area contributed by atoms with E-state index in [1.54, 1.807) is 13.0 Å². The SMILES string of the molecule is COc1ccc(C)cc1NC(=O)CCC(C)C(=O)O. The maximum absolute atomic E-state index is 11.8. The van der Waals surface area contributed by atoms with Crippen molar-refractivity contribution in [1.82, 2.24) is 0 Å². The molecule has 1 atom stereocenters. The number of aryl methyl sites for hydroxylation is 1. The molecular formula is C14H19NO4. The average molecular weight is 265 g/mol. The standard InChI is InChI=1S/C14H19NO4/c1-9-4-6-12(19-3)11(8-9)15-13(16)7-5-10(2)14(17)18/h4,6,8,10H,5,7H2,1-3H3,(H,15,16)(H,17,18). The fraction of sp³-hybridized carbons (Fsp3) is 0.429. The Kier molecular flexibility index (Phi) is 5.36. The van der Waals surface area contributed by atoms with E-state index < -0.39 is 11.9 Å². The summed E-state index contributed by atoms with van der Waals surface area (Å²) in [5, 5.41) is 11.5. The van der Waals surface area contributed by atoms with Crippen molar-refractivity contribution in [3.63, 3.8) is 0 Å². The molecule has 0 aliphatic heterocycles. The van der Waals surface area contributed by atoms with E-state index in [0.29, 0.717) is 17.9 Å². The maximum Gasteiger partial charge on any atom is 0.306 e. The number of amides is 1. The van der Waals surface area contributed by atoms with Gasteiger partial charge in [-0.15, -0.1) is 0 Å². The van der Waals surface area contributed by atoms with Crippen LogP contribution in [0.25, 0.3) is 0 Å². The zero-order valence-corrected chi connectivity index (χ0v) is 11.4. The van der Waals surface area contributed by atoms with Gasteiger partial charge in [0, 0.05) is 6.42 Å². The van der Waals surface area contributed by atoms with E-state index in [4.69, 9.17) is 9.84 Å². The van der Waals surface area contributed by atoms with Gasteiger partial charge in [-0.3, -0.25) is 9.59 Å². The molecule has 0 saturated heterocycles. The number of carboxylic acids is 1. The highest BCUT2D eigenvalue weighted by atomic mass is 16.5. The van der Waals surface area contributed by atoms with Crippen LogP contribution < -0.4 is 10.1 Å². The molecule has 1 unspecified atom stereocenters. The summed E-state index contributed by atoms with van der Waals surface area (Å²) in [6.07, 6.45) is 0.486. The van der Waals surface area contributed by atoms with Gasteiger partial charge >= 0.3 is 5.97 Å². The summed E-state index contributed by atoms with van der Waals surface area (Å²) < 4.78 is 5.16. The van der Waals surface area contributed by atoms with Crippen molar-refractivity contribution in [1.29, 1.82) is 0 Å². The number of anilines is 1. The molecule has 19 heavy (non-hydrogen) atoms. The van der Waals surface area contributed by atoms with E-state index in [0.717, 1.165) is 5.56 Å². The molecule has 104 valence electrons. The van der Waals surface area contributed by atoms with Crippen LogP contribution in [0.5, 0.6) is 5.75 Å². The first kappa shape index (κ1) is 15.0. The van der Waals surface area contributed by atoms with Crippen molar-refractivity contribution in [2.45, 2.75) is 26.7 Å². The lowest BCUT2D eigenvalue weighted by Gasteiger charge is -2.11. The number of aliphatic carboxylic acids is 1. The Morgan fingerprint density at radius 2 is 2.11 bits per heavy atom. The summed E-state index contributed by atoms with van der Waals surface area (Å²) in [4.78, 5) is 22.4. The molecule has 0 aliphatic rings. The predicted molar refractivity (Wildman–Crippen MR) is 72.4 cm³/mol. The van der Waals surface area contributed by atoms with Crippen LogP contribution in [0.15, 0.2) is 18.2 Å². The minimum atomic E-state index is -0.888. The number of rotatable bonds is 6. The normalized spacial score (nSPS) is 11.7. The number of benzene rings is 1. The molecule has 1 aromatic rings. The van der Waals surface area contributed by atoms with Crippen LogP contribution in [0.1, 0.15) is 25.3 Å². The van der Waals surface area contributed by atoms with E-state index >= 15 is 0 Å². The quantitative estimate of drug-likeness (QED) is 0.828. The summed E-state index contributed by atoms with van der Waals surface area (Å²) >= 11 is 0. The lowest BCUT2D eigenvalue weighted by atomic mass is 10.1. The van der Waals surface area contributed by atoms with Gasteiger partial charge < -0.3 is 15.2 Å². The molecule has 1 rings (SSSR count). The van der Waals surface area contributed by atoms with Crippen molar-refractivity contribution >= 4 is 17.6 Å². The molecule has 0 spiro atoms. The number of ether oxygens (including phenoxy) is 1. The van der Waals surface area contributed by atoms with Crippen LogP contribution in [0, 0.1) is 12.8 Å². The Hall–Kier alpha value is -2.04. The summed E-state index contributed by atoms with van der Waals surface area (Å²) in [5.41, 5.74) is 1.62. The third kappa shape index (κ3) is 4.62. The highest BCUT2D eigenvalue weighted by Gasteiger charge is 2.14. The first-order valence-corrected chi connectivity index (χ1v) is 6.11. The fourth-order valence-corrected chi connectivity index (χ4v) is 1.60. The zero-order chi connectivity index (χ0) is 14.4. The second kappa shape index (κ2) is 6.78. The largest absolute Gasteiger partial charge is 0.495 e. The van der Waals surface area contributed by atoms with E-state index in [1.807, 2.05) is 19.1 Å². The first-order chi connectivity index (χ1) is 8.93. The fourth-order valence-electron chi connectivity index (χ4n) is 1.60. The van der Waals surface area contributed by atoms with Crippen LogP contribution in [0.2, 0.25) is 0 Å². The minimum Gasteiger partial charge on any atom is -0.495 e. The molecule has 5 nitrogen and oxygen atoms in total. The van der Waals surface area contributed by atoms with Gasteiger partial charge in [0.25, 0.3) is 0 Å². The molecule has 0 aromatic heterocycles. The van der Waals surface area contributed by atoms with E-state index in [2.05, 4.69) is 5.32 Å². The van der Waals surface area contributed by atoms with Crippen LogP contribution in [-0.2, 0) is 9.59 Å². The molecule has 0 heterocycles. The molecular weight excluding hydrogens is 246 g/mol. The molecule has 0 saturated carbocycles. The van der Waals surface area contributed by atoms with Crippen LogP contribution in [0.4, 0.5) is 5.69 Å². The number of hydrogen-bond donors (Lipinski definition) is 2. The van der Waals surface area contributed by atoms with Crippen molar-refractivity contribution in [3.8, 4) is 5.75 Å². The predicted octanol–water partition coefficient (Wildman–Crippen LogP) is 2.44. The lowest BCUT2D eigenvalue weighted by molar-refractivity contribution is -0.141. The summed E-state index contributed by atoms with van der Waals surface area (Å²) in [6, 6.07) is 5.49. The van der Waals surface area contributed by atoms with Crippen LogP contribution in [0.3, 0.4) is 0 Å². The third-order valence-electron chi connectivity index (χ3n) is 2.86. The molecule has 0 fully saturated rings. The van der Waals surface area contributed by atoms with Gasteiger partial charge in [-0.25, -0.2) is 0 Å². The average Bonchev–Trinajstić information content (AvgIpc) is 2.36. The number of carbonyl (C=O) groups excluding carboxylic acids is 1. The smallest absolute Gasteiger partial charge is 0.306 e. The maximum atomic E-state index is 11.8. The molecule has 0 radical (unpaired) electrons. The molecule has 2 N–H and O–H groups in total. The van der Waals surface area contributed by atoms with Crippen molar-refractivity contribution in [2.24, 2.45) is 5.92 Å². The van der Waals surface area contributed by atoms with Crippen molar-refractivity contribution < 1.29 is 19.4 Å². The van der Waals surface area contributed by atoms with Gasteiger partial charge in [0.15, 0.2) is 0 Å². The second-order valence-electron chi connectivity index (χ2n) is 4.53. The molecule has 0 aliphatic carbocycles. The Bertz CT molecular complexity index is 471. The topological polar surface area (TPSA) is 75.6 Å². The summed E-state index contributed by atoms with van der Waals surface area (Å²) in [6.45, 7) is 3.50. The molecule has 1 aromatic carbocycles. The lowest BCUT2D eigenvalue weighted by Crippen LogP contribution is -2.16. The summed E-state index contributed by atoms with van der Waals surface area (Å²) in [7, 11) is 1.53. The zero-order valence-electron chi connectivity index (χ0n) is 11.4. The van der Waals surface area contributed by atoms with E-state index in [1.165, 1.54) is 7.11 Å². The Morgan fingerprint density at radius 1 is 1.42 bits per heavy atom. The van der Waals surface area contributed by atoms with Gasteiger partial charge in [-0.2, -0.15) is 0 Å². The third-order valence-corrected chi connectivity index (χ3v) is 2.86. The van der Waals surface area contributed by atoms with Gasteiger partial charge in [0.2, 0.25) is 5.91 Å². The molecule has 5 heteroatoms. The highest BCUT2D eigenvalue weighted by Crippen LogP contribution is 2.25. The van der Waals surface area contributed by atoms with Crippen LogP contribution in [-0.4, -0.2) is 24.1 Å². The first-order valence-electron chi connectivity index (χ1n) is 6.11. The number of methoxy groups -OCH3 is 1. The van der Waals surface area contributed by atoms with E-state index in [9.17, 15) is 9.59 Å². The number of nitrogens with one attached hydrogen (secondary N) is 1. The molecule has 1 amide bonds. The van der Waals surface area contributed by atoms with Gasteiger partial charge in [-0.1, -0.05) is 13.0 Å². The number of carboxylic acid groups (broad SMARTS) is 1. The van der Waals surface area contributed by atoms with Crippen molar-refractivity contribution in [3.05, 3.63) is 23.8 Å². The van der Waals surface area contributed by atoms with Gasteiger partial charge in [0.1, 0.15) is 5.75 Å². The number of carbonyl (C=O) groups is 2. The Labute approximate surface area is 112 Å². The highest BCUT2D eigenvalue weighted by molar-refractivity contribution is 5.92. The second-order valence-corrected chi connectivity index (χ2v) is 4.53. The van der Waals surface area contributed by atoms with Crippen LogP contribution >= 0.6 is 0 Å². The van der Waals surface area contributed by atoms with Gasteiger partial charge in [0.05, 0.1) is 18.7 Å². The molecule has 0 bridgehead atoms. The minimum absolute atomic E-state index is 0.171. The Morgan fingerprint density at radius 3 is 2.68 bits per heavy atom. The number of hydrogen-bond acceptors (Lipinski definition) is 3. The summed E-state index contributed by atoms with van der Waals surface area (Å²) in [5.74, 6) is -1.03.